The van der Waals surface area contributed by atoms with Gasteiger partial charge >= 0.3 is 5.69 Å². The fraction of sp³-hybridized carbons (Fsp3) is 0. The topological polar surface area (TPSA) is 56.0 Å². The van der Waals surface area contributed by atoms with Crippen LogP contribution in [0.25, 0.3) is 11.1 Å². The van der Waals surface area contributed by atoms with Crippen LogP contribution in [-0.2, 0) is 0 Å². The highest BCUT2D eigenvalue weighted by Crippen LogP contribution is 2.28. The number of benzene rings is 1. The molecule has 0 aliphatic heterocycles. The van der Waals surface area contributed by atoms with E-state index in [2.05, 4.69) is 20.9 Å². The fourth-order valence-electron chi connectivity index (χ4n) is 1.36. The number of nitrogens with zero attached hydrogens (tertiary/aromatic N) is 2. The molecule has 0 saturated heterocycles. The van der Waals surface area contributed by atoms with Crippen molar-refractivity contribution in [1.82, 2.24) is 4.98 Å². The number of pyridine rings is 1. The molecule has 0 aliphatic rings. The highest BCUT2D eigenvalue weighted by Gasteiger charge is 2.14. The third-order valence-electron chi connectivity index (χ3n) is 2.19. The Balaban J connectivity index is 2.50. The van der Waals surface area contributed by atoms with Crippen LogP contribution in [0, 0.1) is 10.1 Å². The summed E-state index contributed by atoms with van der Waals surface area (Å²) >= 11 is 8.97. The highest BCUT2D eigenvalue weighted by molar-refractivity contribution is 9.10. The van der Waals surface area contributed by atoms with Gasteiger partial charge in [0.25, 0.3) is 0 Å². The maximum absolute atomic E-state index is 10.7. The Labute approximate surface area is 111 Å². The third kappa shape index (κ3) is 2.62. The summed E-state index contributed by atoms with van der Waals surface area (Å²) in [6, 6.07) is 8.82. The monoisotopic (exact) mass is 312 g/mol. The van der Waals surface area contributed by atoms with E-state index >= 15 is 0 Å². The minimum Gasteiger partial charge on any atom is -0.258 e. The lowest BCUT2D eigenvalue weighted by molar-refractivity contribution is -0.385. The number of hydrogen-bond donors (Lipinski definition) is 0. The van der Waals surface area contributed by atoms with Crippen LogP contribution < -0.4 is 0 Å². The van der Waals surface area contributed by atoms with Gasteiger partial charge in [-0.3, -0.25) is 10.1 Å². The van der Waals surface area contributed by atoms with Gasteiger partial charge in [0.1, 0.15) is 0 Å². The number of rotatable bonds is 2. The maximum atomic E-state index is 10.7. The van der Waals surface area contributed by atoms with Crippen LogP contribution in [-0.4, -0.2) is 9.91 Å². The van der Waals surface area contributed by atoms with Gasteiger partial charge in [-0.1, -0.05) is 39.7 Å². The Kier molecular flexibility index (Phi) is 3.40. The Bertz CT molecular complexity index is 572. The van der Waals surface area contributed by atoms with Crippen LogP contribution in [0.2, 0.25) is 5.15 Å². The average molecular weight is 314 g/mol. The predicted molar refractivity (Wildman–Crippen MR) is 69.0 cm³/mol. The molecule has 0 fully saturated rings. The van der Waals surface area contributed by atoms with E-state index in [4.69, 9.17) is 11.6 Å². The Morgan fingerprint density at radius 1 is 1.24 bits per heavy atom. The van der Waals surface area contributed by atoms with E-state index in [1.165, 1.54) is 12.3 Å². The normalized spacial score (nSPS) is 10.2. The summed E-state index contributed by atoms with van der Waals surface area (Å²) in [5.41, 5.74) is 1.32. The molecule has 0 spiro atoms. The van der Waals surface area contributed by atoms with E-state index in [-0.39, 0.29) is 10.8 Å². The van der Waals surface area contributed by atoms with Crippen molar-refractivity contribution in [2.75, 3.05) is 0 Å². The number of nitro groups is 1. The Hall–Kier alpha value is -1.46. The minimum absolute atomic E-state index is 0.101. The van der Waals surface area contributed by atoms with Gasteiger partial charge in [0, 0.05) is 22.3 Å². The minimum atomic E-state index is -0.544. The van der Waals surface area contributed by atoms with Gasteiger partial charge in [-0.05, 0) is 17.7 Å². The van der Waals surface area contributed by atoms with Crippen LogP contribution in [0.3, 0.4) is 0 Å². The Morgan fingerprint density at radius 2 is 1.88 bits per heavy atom. The molecule has 0 radical (unpaired) electrons. The molecular formula is C11H6BrClN2O2. The summed E-state index contributed by atoms with van der Waals surface area (Å²) in [6.07, 6.45) is 1.51. The first-order valence-electron chi connectivity index (χ1n) is 4.64. The second-order valence-corrected chi connectivity index (χ2v) is 4.57. The van der Waals surface area contributed by atoms with Gasteiger partial charge in [-0.25, -0.2) is 4.98 Å². The van der Waals surface area contributed by atoms with Gasteiger partial charge in [0.2, 0.25) is 5.15 Å². The van der Waals surface area contributed by atoms with Crippen molar-refractivity contribution in [3.63, 3.8) is 0 Å². The van der Waals surface area contributed by atoms with Crippen molar-refractivity contribution in [1.29, 1.82) is 0 Å². The van der Waals surface area contributed by atoms with Crippen molar-refractivity contribution in [2.45, 2.75) is 0 Å². The van der Waals surface area contributed by atoms with Gasteiger partial charge < -0.3 is 0 Å². The quantitative estimate of drug-likeness (QED) is 0.477. The first kappa shape index (κ1) is 12.0. The van der Waals surface area contributed by atoms with Crippen molar-refractivity contribution in [2.24, 2.45) is 0 Å². The molecule has 6 heteroatoms. The molecule has 0 amide bonds. The van der Waals surface area contributed by atoms with Crippen molar-refractivity contribution in [3.8, 4) is 11.1 Å². The molecule has 0 unspecified atom stereocenters. The predicted octanol–water partition coefficient (Wildman–Crippen LogP) is 4.07. The summed E-state index contributed by atoms with van der Waals surface area (Å²) < 4.78 is 0.942. The van der Waals surface area contributed by atoms with Crippen LogP contribution in [0.15, 0.2) is 41.0 Å². The first-order valence-corrected chi connectivity index (χ1v) is 5.81. The van der Waals surface area contributed by atoms with Gasteiger partial charge in [0.15, 0.2) is 0 Å². The smallest absolute Gasteiger partial charge is 0.258 e. The summed E-state index contributed by atoms with van der Waals surface area (Å²) in [5, 5.41) is 10.6. The standard InChI is InChI=1S/C11H6BrClN2O2/c12-9-3-1-7(2-4-9)8-5-10(15(16)17)11(13)14-6-8/h1-6H. The lowest BCUT2D eigenvalue weighted by atomic mass is 10.1. The summed E-state index contributed by atoms with van der Waals surface area (Å²) in [7, 11) is 0. The van der Waals surface area contributed by atoms with E-state index in [0.29, 0.717) is 5.56 Å². The highest BCUT2D eigenvalue weighted by atomic mass is 79.9. The van der Waals surface area contributed by atoms with Crippen LogP contribution in [0.5, 0.6) is 0 Å². The van der Waals surface area contributed by atoms with Gasteiger partial charge in [-0.2, -0.15) is 0 Å². The Morgan fingerprint density at radius 3 is 2.47 bits per heavy atom. The van der Waals surface area contributed by atoms with Crippen LogP contribution >= 0.6 is 27.5 Å². The molecule has 0 atom stereocenters. The summed E-state index contributed by atoms with van der Waals surface area (Å²) in [5.74, 6) is 0. The van der Waals surface area contributed by atoms with Crippen molar-refractivity contribution in [3.05, 3.63) is 56.3 Å². The molecule has 0 aliphatic carbocycles. The molecule has 1 aromatic heterocycles. The fourth-order valence-corrected chi connectivity index (χ4v) is 1.80. The molecule has 0 saturated carbocycles. The molecule has 4 nitrogen and oxygen atoms in total. The molecule has 0 bridgehead atoms. The maximum Gasteiger partial charge on any atom is 0.307 e. The number of hydrogen-bond acceptors (Lipinski definition) is 3. The number of aromatic nitrogens is 1. The zero-order valence-corrected chi connectivity index (χ0v) is 10.8. The van der Waals surface area contributed by atoms with E-state index in [0.717, 1.165) is 10.0 Å². The molecule has 2 aromatic rings. The van der Waals surface area contributed by atoms with Crippen molar-refractivity contribution >= 4 is 33.2 Å². The van der Waals surface area contributed by atoms with Gasteiger partial charge in [-0.15, -0.1) is 0 Å². The SMILES string of the molecule is O=[N+]([O-])c1cc(-c2ccc(Br)cc2)cnc1Cl. The van der Waals surface area contributed by atoms with E-state index in [1.807, 2.05) is 24.3 Å². The first-order chi connectivity index (χ1) is 8.08. The zero-order valence-electron chi connectivity index (χ0n) is 8.43. The molecule has 86 valence electrons. The molecular weight excluding hydrogens is 307 g/mol. The second-order valence-electron chi connectivity index (χ2n) is 3.30. The van der Waals surface area contributed by atoms with E-state index in [9.17, 15) is 10.1 Å². The van der Waals surface area contributed by atoms with Crippen LogP contribution in [0.4, 0.5) is 5.69 Å². The van der Waals surface area contributed by atoms with E-state index < -0.39 is 4.92 Å². The molecule has 2 rings (SSSR count). The molecule has 0 N–H and O–H groups in total. The largest absolute Gasteiger partial charge is 0.307 e. The molecule has 1 heterocycles. The average Bonchev–Trinajstić information content (AvgIpc) is 2.30. The molecule has 1 aromatic carbocycles. The summed E-state index contributed by atoms with van der Waals surface area (Å²) in [4.78, 5) is 14.0. The third-order valence-corrected chi connectivity index (χ3v) is 3.01. The molecule has 17 heavy (non-hydrogen) atoms. The van der Waals surface area contributed by atoms with E-state index in [1.54, 1.807) is 0 Å². The zero-order chi connectivity index (χ0) is 12.4. The number of halogens is 2. The second kappa shape index (κ2) is 4.81. The summed E-state index contributed by atoms with van der Waals surface area (Å²) in [6.45, 7) is 0. The lowest BCUT2D eigenvalue weighted by Crippen LogP contribution is -1.92. The lowest BCUT2D eigenvalue weighted by Gasteiger charge is -2.02. The van der Waals surface area contributed by atoms with Crippen LogP contribution in [0.1, 0.15) is 0 Å². The van der Waals surface area contributed by atoms with Gasteiger partial charge in [0.05, 0.1) is 4.92 Å². The van der Waals surface area contributed by atoms with Crippen molar-refractivity contribution < 1.29 is 4.92 Å².